The number of rotatable bonds is 5. The third-order valence-electron chi connectivity index (χ3n) is 6.45. The number of carbonyl (C=O) groups is 1. The van der Waals surface area contributed by atoms with Crippen LogP contribution in [-0.2, 0) is 17.7 Å². The normalized spacial score (nSPS) is 18.4. The number of aromatic nitrogens is 1. The van der Waals surface area contributed by atoms with Crippen LogP contribution < -0.4 is 0 Å². The number of likely N-dealkylation sites (tertiary alicyclic amines) is 1. The van der Waals surface area contributed by atoms with Crippen LogP contribution in [0.4, 0.5) is 9.18 Å². The Morgan fingerprint density at radius 3 is 2.65 bits per heavy atom. The Morgan fingerprint density at radius 1 is 1.10 bits per heavy atom. The number of hydrogen-bond donors (Lipinski definition) is 1. The van der Waals surface area contributed by atoms with Gasteiger partial charge in [-0.2, -0.15) is 0 Å². The summed E-state index contributed by atoms with van der Waals surface area (Å²) in [6.07, 6.45) is 4.36. The molecular weight excluding hydrogens is 393 g/mol. The van der Waals surface area contributed by atoms with Crippen LogP contribution in [0.1, 0.15) is 31.4 Å². The van der Waals surface area contributed by atoms with E-state index in [1.165, 1.54) is 6.07 Å². The number of carbonyl (C=O) groups excluding carboxylic acids is 1. The van der Waals surface area contributed by atoms with Gasteiger partial charge in [-0.15, -0.1) is 0 Å². The lowest BCUT2D eigenvalue weighted by Gasteiger charge is -2.37. The minimum atomic E-state index is -0.355. The fourth-order valence-corrected chi connectivity index (χ4v) is 4.70. The number of nitrogens with one attached hydrogen (secondary N) is 1. The van der Waals surface area contributed by atoms with Gasteiger partial charge in [0.15, 0.2) is 0 Å². The second-order valence-corrected chi connectivity index (χ2v) is 8.49. The zero-order valence-corrected chi connectivity index (χ0v) is 16.9. The fraction of sp³-hybridized carbons (Fsp3) is 0.400. The van der Waals surface area contributed by atoms with Crippen LogP contribution in [0.15, 0.2) is 54.7 Å². The highest BCUT2D eigenvalue weighted by atomic mass is 19.1. The molecule has 164 valence electrons. The Morgan fingerprint density at radius 2 is 1.87 bits per heavy atom. The largest absolute Gasteiger partial charge is 0.441 e. The molecule has 6 heteroatoms. The van der Waals surface area contributed by atoms with Gasteiger partial charge in [0.2, 0.25) is 0 Å². The summed E-state index contributed by atoms with van der Waals surface area (Å²) in [5.74, 6) is -0.202. The molecule has 0 atom stereocenters. The first-order valence-corrected chi connectivity index (χ1v) is 10.6. The molecular formula is C25H30FN3O2. The number of H-pyrrole nitrogens is 1. The molecule has 2 aromatic carbocycles. The van der Waals surface area contributed by atoms with Crippen LogP contribution in [0, 0.1) is 5.82 Å². The van der Waals surface area contributed by atoms with Crippen molar-refractivity contribution in [1.82, 2.24) is 14.8 Å². The molecule has 0 radical (unpaired) electrons. The van der Waals surface area contributed by atoms with Crippen molar-refractivity contribution in [1.29, 1.82) is 0 Å². The maximum atomic E-state index is 13.6. The van der Waals surface area contributed by atoms with Gasteiger partial charge in [-0.3, -0.25) is 4.90 Å². The van der Waals surface area contributed by atoms with E-state index in [2.05, 4.69) is 9.88 Å². The van der Waals surface area contributed by atoms with Crippen LogP contribution in [0.3, 0.4) is 0 Å². The molecule has 31 heavy (non-hydrogen) atoms. The van der Waals surface area contributed by atoms with Crippen LogP contribution in [0.25, 0.3) is 10.9 Å². The Labute approximate surface area is 182 Å². The maximum Gasteiger partial charge on any atom is 0.410 e. The van der Waals surface area contributed by atoms with Crippen molar-refractivity contribution in [2.24, 2.45) is 0 Å². The summed E-state index contributed by atoms with van der Waals surface area (Å²) < 4.78 is 19.4. The fourth-order valence-electron chi connectivity index (χ4n) is 4.70. The zero-order valence-electron chi connectivity index (χ0n) is 16.9. The lowest BCUT2D eigenvalue weighted by molar-refractivity contribution is 0.00102. The highest BCUT2D eigenvalue weighted by Gasteiger charge is 2.46. The number of ether oxygens (including phenoxy) is 1. The average Bonchev–Trinajstić information content (AvgIpc) is 3.29. The third-order valence-corrected chi connectivity index (χ3v) is 6.45. The van der Waals surface area contributed by atoms with Gasteiger partial charge < -0.3 is 14.6 Å². The first-order valence-electron chi connectivity index (χ1n) is 10.6. The second kappa shape index (κ2) is 8.71. The summed E-state index contributed by atoms with van der Waals surface area (Å²) in [7, 11) is 0. The van der Waals surface area contributed by atoms with E-state index in [9.17, 15) is 9.18 Å². The number of halogens is 1. The van der Waals surface area contributed by atoms with Gasteiger partial charge in [0, 0.05) is 56.1 Å². The van der Waals surface area contributed by atoms with E-state index in [1.54, 1.807) is 12.1 Å². The molecule has 2 fully saturated rings. The van der Waals surface area contributed by atoms with Crippen molar-refractivity contribution in [3.8, 4) is 0 Å². The van der Waals surface area contributed by atoms with E-state index < -0.39 is 0 Å². The summed E-state index contributed by atoms with van der Waals surface area (Å²) in [6, 6.07) is 14.9. The molecule has 0 saturated carbocycles. The van der Waals surface area contributed by atoms with Crippen LogP contribution >= 0.6 is 0 Å². The lowest BCUT2D eigenvalue weighted by Crippen LogP contribution is -2.47. The van der Waals surface area contributed by atoms with Crippen molar-refractivity contribution in [2.45, 2.75) is 38.8 Å². The molecule has 5 nitrogen and oxygen atoms in total. The Hall–Kier alpha value is -2.86. The Bertz CT molecular complexity index is 1040. The molecule has 0 bridgehead atoms. The number of nitrogens with zero attached hydrogens (tertiary/aromatic N) is 2. The lowest BCUT2D eigenvalue weighted by atomic mass is 9.91. The second-order valence-electron chi connectivity index (χ2n) is 8.49. The van der Waals surface area contributed by atoms with Gasteiger partial charge in [0.25, 0.3) is 0 Å². The van der Waals surface area contributed by atoms with E-state index in [1.807, 2.05) is 41.4 Å². The molecule has 1 spiro atoms. The van der Waals surface area contributed by atoms with Gasteiger partial charge >= 0.3 is 6.09 Å². The van der Waals surface area contributed by atoms with E-state index in [0.717, 1.165) is 60.9 Å². The van der Waals surface area contributed by atoms with Crippen molar-refractivity contribution < 1.29 is 13.9 Å². The number of fused-ring (bicyclic) bond motifs is 1. The van der Waals surface area contributed by atoms with Crippen LogP contribution in [0.2, 0.25) is 0 Å². The van der Waals surface area contributed by atoms with Crippen LogP contribution in [0.5, 0.6) is 0 Å². The summed E-state index contributed by atoms with van der Waals surface area (Å²) >= 11 is 0. The number of hydrogen-bond acceptors (Lipinski definition) is 3. The van der Waals surface area contributed by atoms with Crippen LogP contribution in [-0.4, -0.2) is 52.7 Å². The molecule has 1 aromatic heterocycles. The number of benzene rings is 2. The predicted molar refractivity (Wildman–Crippen MR) is 120 cm³/mol. The van der Waals surface area contributed by atoms with E-state index in [0.29, 0.717) is 13.1 Å². The topological polar surface area (TPSA) is 48.6 Å². The SMILES string of the molecule is C.O=C1OC2(CCN(CCc3c[nH]c4ccc(F)cc34)CC2)CN1Cc1ccccc1. The summed E-state index contributed by atoms with van der Waals surface area (Å²) in [5.41, 5.74) is 2.89. The van der Waals surface area contributed by atoms with Gasteiger partial charge in [-0.1, -0.05) is 37.8 Å². The van der Waals surface area contributed by atoms with Gasteiger partial charge in [0.1, 0.15) is 11.4 Å². The first kappa shape index (κ1) is 21.4. The zero-order chi connectivity index (χ0) is 20.6. The summed E-state index contributed by atoms with van der Waals surface area (Å²) in [4.78, 5) is 19.9. The Kier molecular flexibility index (Phi) is 6.01. The van der Waals surface area contributed by atoms with E-state index in [-0.39, 0.29) is 24.9 Å². The van der Waals surface area contributed by atoms with Gasteiger partial charge in [-0.05, 0) is 35.7 Å². The van der Waals surface area contributed by atoms with Crippen molar-refractivity contribution in [3.05, 3.63) is 71.7 Å². The van der Waals surface area contributed by atoms with E-state index in [4.69, 9.17) is 4.74 Å². The minimum absolute atomic E-state index is 0. The average molecular weight is 424 g/mol. The standard InChI is InChI=1S/C24H26FN3O2.CH4/c25-20-6-7-22-21(14-20)19(15-26-22)8-11-27-12-9-24(10-13-27)17-28(23(29)30-24)16-18-4-2-1-3-5-18;/h1-7,14-15,26H,8-13,16-17H2;1H4. The van der Waals surface area contributed by atoms with Crippen molar-refractivity contribution in [2.75, 3.05) is 26.2 Å². The molecule has 3 heterocycles. The van der Waals surface area contributed by atoms with Crippen molar-refractivity contribution in [3.63, 3.8) is 0 Å². The molecule has 0 aliphatic carbocycles. The first-order chi connectivity index (χ1) is 14.6. The highest BCUT2D eigenvalue weighted by Crippen LogP contribution is 2.34. The quantitative estimate of drug-likeness (QED) is 0.630. The molecule has 3 aromatic rings. The number of aromatic amines is 1. The smallest absolute Gasteiger partial charge is 0.410 e. The maximum absolute atomic E-state index is 13.6. The Balaban J connectivity index is 0.00000231. The highest BCUT2D eigenvalue weighted by molar-refractivity contribution is 5.83. The number of piperidine rings is 1. The summed E-state index contributed by atoms with van der Waals surface area (Å²) in [5, 5.41) is 0.963. The van der Waals surface area contributed by atoms with Crippen molar-refractivity contribution >= 4 is 17.0 Å². The molecule has 0 unspecified atom stereocenters. The molecule has 1 amide bonds. The molecule has 2 saturated heterocycles. The van der Waals surface area contributed by atoms with E-state index >= 15 is 0 Å². The van der Waals surface area contributed by atoms with Gasteiger partial charge in [-0.25, -0.2) is 9.18 Å². The molecule has 5 rings (SSSR count). The third kappa shape index (κ3) is 4.44. The minimum Gasteiger partial charge on any atom is -0.441 e. The molecule has 1 N–H and O–H groups in total. The predicted octanol–water partition coefficient (Wildman–Crippen LogP) is 4.97. The summed E-state index contributed by atoms with van der Waals surface area (Å²) in [6.45, 7) is 3.99. The monoisotopic (exact) mass is 423 g/mol. The molecule has 2 aliphatic rings. The van der Waals surface area contributed by atoms with Gasteiger partial charge in [0.05, 0.1) is 6.54 Å². The number of amides is 1. The molecule has 2 aliphatic heterocycles.